The van der Waals surface area contributed by atoms with Crippen LogP contribution in [0, 0.1) is 16.7 Å². The van der Waals surface area contributed by atoms with Crippen LogP contribution in [0.5, 0.6) is 5.88 Å². The average molecular weight is 301 g/mol. The topological polar surface area (TPSA) is 75.0 Å². The van der Waals surface area contributed by atoms with E-state index in [1.807, 2.05) is 26.8 Å². The lowest BCUT2D eigenvalue weighted by Gasteiger charge is -2.31. The zero-order valence-electron chi connectivity index (χ0n) is 13.4. The molecule has 5 nitrogen and oxygen atoms in total. The molecule has 0 atom stereocenters. The fourth-order valence-corrected chi connectivity index (χ4v) is 2.41. The minimum Gasteiger partial charge on any atom is -0.474 e. The number of ether oxygens (including phenoxy) is 1. The highest BCUT2D eigenvalue weighted by Crippen LogP contribution is 2.24. The van der Waals surface area contributed by atoms with E-state index in [4.69, 9.17) is 10.00 Å². The highest BCUT2D eigenvalue weighted by molar-refractivity contribution is 5.81. The molecule has 2 rings (SSSR count). The van der Waals surface area contributed by atoms with Crippen LogP contribution in [0.1, 0.15) is 52.0 Å². The zero-order chi connectivity index (χ0) is 16.2. The molecule has 1 aliphatic carbocycles. The van der Waals surface area contributed by atoms with Gasteiger partial charge in [0.15, 0.2) is 0 Å². The van der Waals surface area contributed by atoms with Crippen molar-refractivity contribution in [3.63, 3.8) is 0 Å². The Balaban J connectivity index is 1.79. The van der Waals surface area contributed by atoms with Crippen LogP contribution in [0.15, 0.2) is 18.3 Å². The number of nitrogens with one attached hydrogen (secondary N) is 1. The Morgan fingerprint density at radius 2 is 2.00 bits per heavy atom. The predicted molar refractivity (Wildman–Crippen MR) is 83.2 cm³/mol. The van der Waals surface area contributed by atoms with E-state index in [0.29, 0.717) is 11.4 Å². The Labute approximate surface area is 131 Å². The minimum absolute atomic E-state index is 0.102. The lowest BCUT2D eigenvalue weighted by atomic mass is 9.90. The molecule has 0 bridgehead atoms. The van der Waals surface area contributed by atoms with E-state index in [1.165, 1.54) is 6.20 Å². The summed E-state index contributed by atoms with van der Waals surface area (Å²) in [5.74, 6) is 0.659. The first kappa shape index (κ1) is 16.3. The maximum atomic E-state index is 12.0. The third kappa shape index (κ3) is 4.45. The van der Waals surface area contributed by atoms with Gasteiger partial charge in [-0.15, -0.1) is 0 Å². The van der Waals surface area contributed by atoms with E-state index in [1.54, 1.807) is 12.1 Å². The van der Waals surface area contributed by atoms with Gasteiger partial charge in [0.05, 0.1) is 5.56 Å². The van der Waals surface area contributed by atoms with Crippen LogP contribution < -0.4 is 10.1 Å². The summed E-state index contributed by atoms with van der Waals surface area (Å²) in [5, 5.41) is 11.9. The molecule has 0 aromatic carbocycles. The van der Waals surface area contributed by atoms with E-state index < -0.39 is 0 Å². The van der Waals surface area contributed by atoms with Crippen molar-refractivity contribution in [2.45, 2.75) is 58.6 Å². The van der Waals surface area contributed by atoms with Gasteiger partial charge in [-0.2, -0.15) is 5.26 Å². The van der Waals surface area contributed by atoms with Gasteiger partial charge in [0.2, 0.25) is 11.8 Å². The smallest absolute Gasteiger partial charge is 0.225 e. The van der Waals surface area contributed by atoms with Gasteiger partial charge in [-0.25, -0.2) is 4.98 Å². The summed E-state index contributed by atoms with van der Waals surface area (Å²) < 4.78 is 5.84. The highest BCUT2D eigenvalue weighted by atomic mass is 16.5. The van der Waals surface area contributed by atoms with Gasteiger partial charge in [0, 0.05) is 23.7 Å². The van der Waals surface area contributed by atoms with E-state index in [0.717, 1.165) is 25.7 Å². The van der Waals surface area contributed by atoms with Gasteiger partial charge >= 0.3 is 0 Å². The van der Waals surface area contributed by atoms with Crippen LogP contribution in [0.3, 0.4) is 0 Å². The Morgan fingerprint density at radius 1 is 1.32 bits per heavy atom. The quantitative estimate of drug-likeness (QED) is 0.931. The number of carbonyl (C=O) groups is 1. The van der Waals surface area contributed by atoms with Gasteiger partial charge in [0.1, 0.15) is 12.2 Å². The number of aromatic nitrogens is 1. The molecule has 0 unspecified atom stereocenters. The molecule has 0 spiro atoms. The summed E-state index contributed by atoms with van der Waals surface area (Å²) in [6, 6.07) is 5.71. The standard InChI is InChI=1S/C17H23N3O2/c1-17(2,3)16(21)20-13-5-7-14(8-6-13)22-15-9-4-12(10-18)11-19-15/h4,9,11,13-14H,5-8H2,1-3H3,(H,20,21). The number of nitriles is 1. The third-order valence-electron chi connectivity index (χ3n) is 3.84. The molecule has 1 aromatic rings. The normalized spacial score (nSPS) is 21.7. The van der Waals surface area contributed by atoms with Crippen molar-refractivity contribution in [2.75, 3.05) is 0 Å². The van der Waals surface area contributed by atoms with Crippen LogP contribution in [0.25, 0.3) is 0 Å². The summed E-state index contributed by atoms with van der Waals surface area (Å²) >= 11 is 0. The van der Waals surface area contributed by atoms with E-state index >= 15 is 0 Å². The summed E-state index contributed by atoms with van der Waals surface area (Å²) in [6.07, 6.45) is 5.28. The van der Waals surface area contributed by atoms with Crippen LogP contribution in [-0.4, -0.2) is 23.0 Å². The number of amides is 1. The molecule has 1 amide bonds. The molecule has 1 saturated carbocycles. The second kappa shape index (κ2) is 6.78. The number of rotatable bonds is 3. The van der Waals surface area contributed by atoms with Crippen molar-refractivity contribution in [1.29, 1.82) is 5.26 Å². The number of hydrogen-bond acceptors (Lipinski definition) is 4. The van der Waals surface area contributed by atoms with Crippen molar-refractivity contribution < 1.29 is 9.53 Å². The molecule has 22 heavy (non-hydrogen) atoms. The van der Waals surface area contributed by atoms with Crippen LogP contribution in [0.4, 0.5) is 0 Å². The van der Waals surface area contributed by atoms with Gasteiger partial charge in [-0.3, -0.25) is 4.79 Å². The first-order valence-corrected chi connectivity index (χ1v) is 7.72. The molecule has 1 heterocycles. The second-order valence-electron chi connectivity index (χ2n) is 6.81. The van der Waals surface area contributed by atoms with Crippen molar-refractivity contribution in [2.24, 2.45) is 5.41 Å². The summed E-state index contributed by atoms with van der Waals surface area (Å²) in [6.45, 7) is 5.77. The first-order chi connectivity index (χ1) is 10.4. The van der Waals surface area contributed by atoms with Crippen molar-refractivity contribution >= 4 is 5.91 Å². The lowest BCUT2D eigenvalue weighted by Crippen LogP contribution is -2.44. The molecule has 5 heteroatoms. The first-order valence-electron chi connectivity index (χ1n) is 7.72. The largest absolute Gasteiger partial charge is 0.474 e. The van der Waals surface area contributed by atoms with E-state index in [2.05, 4.69) is 10.3 Å². The molecule has 0 saturated heterocycles. The minimum atomic E-state index is -0.347. The second-order valence-corrected chi connectivity index (χ2v) is 6.81. The van der Waals surface area contributed by atoms with Crippen LogP contribution in [-0.2, 0) is 4.79 Å². The van der Waals surface area contributed by atoms with Crippen molar-refractivity contribution in [3.8, 4) is 11.9 Å². The molecule has 1 fully saturated rings. The Morgan fingerprint density at radius 3 is 2.50 bits per heavy atom. The summed E-state index contributed by atoms with van der Waals surface area (Å²) in [4.78, 5) is 16.1. The number of hydrogen-bond donors (Lipinski definition) is 1. The molecule has 1 aliphatic rings. The summed E-state index contributed by atoms with van der Waals surface area (Å²) in [7, 11) is 0. The Bertz CT molecular complexity index is 547. The summed E-state index contributed by atoms with van der Waals surface area (Å²) in [5.41, 5.74) is 0.181. The fraction of sp³-hybridized carbons (Fsp3) is 0.588. The van der Waals surface area contributed by atoms with Gasteiger partial charge in [-0.1, -0.05) is 20.8 Å². The molecular formula is C17H23N3O2. The number of carbonyl (C=O) groups excluding carboxylic acids is 1. The van der Waals surface area contributed by atoms with Gasteiger partial charge in [-0.05, 0) is 31.7 Å². The van der Waals surface area contributed by atoms with Crippen LogP contribution in [0.2, 0.25) is 0 Å². The fourth-order valence-electron chi connectivity index (χ4n) is 2.41. The molecule has 0 aliphatic heterocycles. The highest BCUT2D eigenvalue weighted by Gasteiger charge is 2.27. The molecule has 0 radical (unpaired) electrons. The predicted octanol–water partition coefficient (Wildman–Crippen LogP) is 2.81. The number of pyridine rings is 1. The zero-order valence-corrected chi connectivity index (χ0v) is 13.4. The maximum Gasteiger partial charge on any atom is 0.225 e. The Kier molecular flexibility index (Phi) is 5.02. The van der Waals surface area contributed by atoms with Gasteiger partial charge in [0.25, 0.3) is 0 Å². The average Bonchev–Trinajstić information content (AvgIpc) is 2.49. The number of nitrogens with zero attached hydrogens (tertiary/aromatic N) is 2. The molecule has 1 aromatic heterocycles. The molecule has 118 valence electrons. The Hall–Kier alpha value is -2.09. The van der Waals surface area contributed by atoms with E-state index in [-0.39, 0.29) is 23.5 Å². The molecular weight excluding hydrogens is 278 g/mol. The monoisotopic (exact) mass is 301 g/mol. The third-order valence-corrected chi connectivity index (χ3v) is 3.84. The van der Waals surface area contributed by atoms with Crippen LogP contribution >= 0.6 is 0 Å². The van der Waals surface area contributed by atoms with Crippen molar-refractivity contribution in [1.82, 2.24) is 10.3 Å². The lowest BCUT2D eigenvalue weighted by molar-refractivity contribution is -0.129. The van der Waals surface area contributed by atoms with E-state index in [9.17, 15) is 4.79 Å². The SMILES string of the molecule is CC(C)(C)C(=O)NC1CCC(Oc2ccc(C#N)cn2)CC1. The van der Waals surface area contributed by atoms with Crippen molar-refractivity contribution in [3.05, 3.63) is 23.9 Å². The molecule has 1 N–H and O–H groups in total. The van der Waals surface area contributed by atoms with Gasteiger partial charge < -0.3 is 10.1 Å². The maximum absolute atomic E-state index is 12.0.